The molecule has 0 heterocycles. The first-order chi connectivity index (χ1) is 13.3. The quantitative estimate of drug-likeness (QED) is 0.647. The molecule has 0 aliphatic heterocycles. The molecule has 2 aromatic rings. The number of hydrogen-bond acceptors (Lipinski definition) is 4. The number of benzene rings is 2. The Morgan fingerprint density at radius 1 is 1.07 bits per heavy atom. The lowest BCUT2D eigenvalue weighted by Crippen LogP contribution is -2.39. The van der Waals surface area contributed by atoms with E-state index < -0.39 is 5.97 Å². The molecule has 0 saturated heterocycles. The number of amides is 2. The lowest BCUT2D eigenvalue weighted by molar-refractivity contribution is 0.0600. The smallest absolute Gasteiger partial charge is 0.337 e. The zero-order valence-corrected chi connectivity index (χ0v) is 18.2. The fourth-order valence-corrected chi connectivity index (χ4v) is 2.84. The number of halogens is 1. The van der Waals surface area contributed by atoms with Crippen LogP contribution in [-0.4, -0.2) is 56.1 Å². The molecule has 0 atom stereocenters. The summed E-state index contributed by atoms with van der Waals surface area (Å²) in [7, 11) is 5.28. The number of anilines is 1. The molecule has 0 aliphatic carbocycles. The number of likely N-dealkylation sites (N-methyl/N-ethyl adjacent to an activating group) is 1. The van der Waals surface area contributed by atoms with Gasteiger partial charge in [0.1, 0.15) is 0 Å². The zero-order valence-electron chi connectivity index (χ0n) is 16.7. The van der Waals surface area contributed by atoms with E-state index in [2.05, 4.69) is 21.2 Å². The lowest BCUT2D eigenvalue weighted by atomic mass is 10.1. The topological polar surface area (TPSA) is 61.9 Å². The Morgan fingerprint density at radius 2 is 1.75 bits per heavy atom. The Morgan fingerprint density at radius 3 is 2.36 bits per heavy atom. The van der Waals surface area contributed by atoms with Gasteiger partial charge in [0.05, 0.1) is 12.7 Å². The summed E-state index contributed by atoms with van der Waals surface area (Å²) in [4.78, 5) is 28.5. The van der Waals surface area contributed by atoms with E-state index >= 15 is 0 Å². The van der Waals surface area contributed by atoms with Crippen molar-refractivity contribution in [2.24, 2.45) is 0 Å². The molecule has 0 bridgehead atoms. The number of esters is 1. The number of nitrogens with one attached hydrogen (secondary N) is 1. The second kappa shape index (κ2) is 10.2. The molecule has 0 saturated carbocycles. The van der Waals surface area contributed by atoms with Crippen LogP contribution in [0.5, 0.6) is 0 Å². The van der Waals surface area contributed by atoms with E-state index in [9.17, 15) is 9.59 Å². The predicted octanol–water partition coefficient (Wildman–Crippen LogP) is 4.14. The molecule has 6 nitrogen and oxygen atoms in total. The minimum absolute atomic E-state index is 0.213. The van der Waals surface area contributed by atoms with Gasteiger partial charge in [0.25, 0.3) is 0 Å². The molecule has 2 aromatic carbocycles. The summed E-state index contributed by atoms with van der Waals surface area (Å²) in [6, 6.07) is 12.8. The number of hydrogen-bond donors (Lipinski definition) is 1. The summed E-state index contributed by atoms with van der Waals surface area (Å²) < 4.78 is 5.76. The van der Waals surface area contributed by atoms with Gasteiger partial charge in [-0.05, 0) is 56.4 Å². The number of methoxy groups -OCH3 is 1. The third-order valence-corrected chi connectivity index (χ3v) is 4.82. The highest BCUT2D eigenvalue weighted by Gasteiger charge is 2.17. The molecule has 150 valence electrons. The van der Waals surface area contributed by atoms with Crippen molar-refractivity contribution in [3.05, 3.63) is 63.6 Å². The number of aryl methyl sites for hydroxylation is 1. The highest BCUT2D eigenvalue weighted by Crippen LogP contribution is 2.19. The fourth-order valence-electron chi connectivity index (χ4n) is 2.58. The molecule has 0 aromatic heterocycles. The van der Waals surface area contributed by atoms with Gasteiger partial charge in [0.2, 0.25) is 0 Å². The Kier molecular flexibility index (Phi) is 8.02. The normalized spacial score (nSPS) is 10.6. The highest BCUT2D eigenvalue weighted by atomic mass is 79.9. The van der Waals surface area contributed by atoms with Crippen LogP contribution in [0, 0.1) is 6.92 Å². The van der Waals surface area contributed by atoms with Crippen molar-refractivity contribution in [2.45, 2.75) is 13.5 Å². The molecule has 0 unspecified atom stereocenters. The predicted molar refractivity (Wildman–Crippen MR) is 115 cm³/mol. The Labute approximate surface area is 174 Å². The summed E-state index contributed by atoms with van der Waals surface area (Å²) in [5, 5.41) is 2.94. The maximum absolute atomic E-state index is 13.0. The van der Waals surface area contributed by atoms with Gasteiger partial charge in [-0.25, -0.2) is 9.59 Å². The van der Waals surface area contributed by atoms with Gasteiger partial charge in [-0.3, -0.25) is 0 Å². The number of carbonyl (C=O) groups is 2. The van der Waals surface area contributed by atoms with Gasteiger partial charge < -0.3 is 19.9 Å². The molecule has 2 rings (SSSR count). The van der Waals surface area contributed by atoms with Crippen molar-refractivity contribution in [1.29, 1.82) is 0 Å². The molecule has 0 spiro atoms. The zero-order chi connectivity index (χ0) is 20.7. The third-order valence-electron chi connectivity index (χ3n) is 4.29. The standard InChI is InChI=1S/C21H26BrN3O3/c1-15-5-8-17(20(26)28-4)13-19(15)23-21(27)25(12-11-24(2)3)14-16-6-9-18(22)10-7-16/h5-10,13H,11-12,14H2,1-4H3,(H,23,27). The lowest BCUT2D eigenvalue weighted by Gasteiger charge is -2.25. The van der Waals surface area contributed by atoms with Crippen LogP contribution in [0.25, 0.3) is 0 Å². The summed E-state index contributed by atoms with van der Waals surface area (Å²) in [6.45, 7) is 3.69. The van der Waals surface area contributed by atoms with Crippen molar-refractivity contribution in [3.63, 3.8) is 0 Å². The second-order valence-electron chi connectivity index (χ2n) is 6.80. The highest BCUT2D eigenvalue weighted by molar-refractivity contribution is 9.10. The maximum Gasteiger partial charge on any atom is 0.337 e. The first-order valence-corrected chi connectivity index (χ1v) is 9.73. The Hall–Kier alpha value is -2.38. The molecular formula is C21H26BrN3O3. The van der Waals surface area contributed by atoms with Gasteiger partial charge in [-0.1, -0.05) is 34.1 Å². The van der Waals surface area contributed by atoms with Crippen LogP contribution >= 0.6 is 15.9 Å². The number of carbonyl (C=O) groups excluding carboxylic acids is 2. The van der Waals surface area contributed by atoms with E-state index in [1.165, 1.54) is 7.11 Å². The van der Waals surface area contributed by atoms with E-state index in [-0.39, 0.29) is 6.03 Å². The third kappa shape index (κ3) is 6.35. The van der Waals surface area contributed by atoms with Crippen LogP contribution in [-0.2, 0) is 11.3 Å². The van der Waals surface area contributed by atoms with Gasteiger partial charge in [0, 0.05) is 29.8 Å². The maximum atomic E-state index is 13.0. The number of rotatable bonds is 7. The van der Waals surface area contributed by atoms with Crippen LogP contribution in [0.3, 0.4) is 0 Å². The molecule has 1 N–H and O–H groups in total. The fraction of sp³-hybridized carbons (Fsp3) is 0.333. The van der Waals surface area contributed by atoms with Gasteiger partial charge >= 0.3 is 12.0 Å². The monoisotopic (exact) mass is 447 g/mol. The molecule has 7 heteroatoms. The van der Waals surface area contributed by atoms with Gasteiger partial charge in [-0.2, -0.15) is 0 Å². The van der Waals surface area contributed by atoms with Crippen molar-refractivity contribution >= 4 is 33.6 Å². The van der Waals surface area contributed by atoms with E-state index in [1.807, 2.05) is 50.2 Å². The average Bonchev–Trinajstić information content (AvgIpc) is 2.67. The molecular weight excluding hydrogens is 422 g/mol. The first kappa shape index (κ1) is 21.9. The molecule has 0 fully saturated rings. The minimum Gasteiger partial charge on any atom is -0.465 e. The summed E-state index contributed by atoms with van der Waals surface area (Å²) in [6.07, 6.45) is 0. The molecule has 0 radical (unpaired) electrons. The molecule has 0 aliphatic rings. The number of ether oxygens (including phenoxy) is 1. The number of nitrogens with zero attached hydrogens (tertiary/aromatic N) is 2. The van der Waals surface area contributed by atoms with E-state index in [0.717, 1.165) is 22.1 Å². The van der Waals surface area contributed by atoms with Gasteiger partial charge in [0.15, 0.2) is 0 Å². The van der Waals surface area contributed by atoms with Crippen LogP contribution in [0.1, 0.15) is 21.5 Å². The van der Waals surface area contributed by atoms with Crippen molar-refractivity contribution < 1.29 is 14.3 Å². The summed E-state index contributed by atoms with van der Waals surface area (Å²) >= 11 is 3.43. The van der Waals surface area contributed by atoms with Gasteiger partial charge in [-0.15, -0.1) is 0 Å². The minimum atomic E-state index is -0.435. The van der Waals surface area contributed by atoms with Crippen LogP contribution < -0.4 is 5.32 Å². The second-order valence-corrected chi connectivity index (χ2v) is 7.72. The number of urea groups is 1. The van der Waals surface area contributed by atoms with Crippen molar-refractivity contribution in [3.8, 4) is 0 Å². The van der Waals surface area contributed by atoms with Crippen LogP contribution in [0.15, 0.2) is 46.9 Å². The Balaban J connectivity index is 2.19. The summed E-state index contributed by atoms with van der Waals surface area (Å²) in [5.74, 6) is -0.435. The largest absolute Gasteiger partial charge is 0.465 e. The summed E-state index contributed by atoms with van der Waals surface area (Å²) in [5.41, 5.74) is 2.91. The van der Waals surface area contributed by atoms with E-state index in [4.69, 9.17) is 4.74 Å². The molecule has 2 amide bonds. The SMILES string of the molecule is COC(=O)c1ccc(C)c(NC(=O)N(CCN(C)C)Cc2ccc(Br)cc2)c1. The van der Waals surface area contributed by atoms with Crippen LogP contribution in [0.4, 0.5) is 10.5 Å². The average molecular weight is 448 g/mol. The van der Waals surface area contributed by atoms with E-state index in [0.29, 0.717) is 24.3 Å². The molecule has 28 heavy (non-hydrogen) atoms. The van der Waals surface area contributed by atoms with Crippen molar-refractivity contribution in [2.75, 3.05) is 39.6 Å². The van der Waals surface area contributed by atoms with E-state index in [1.54, 1.807) is 23.1 Å². The first-order valence-electron chi connectivity index (χ1n) is 8.94. The van der Waals surface area contributed by atoms with Crippen molar-refractivity contribution in [1.82, 2.24) is 9.80 Å². The Bertz CT molecular complexity index is 822. The van der Waals surface area contributed by atoms with Crippen LogP contribution in [0.2, 0.25) is 0 Å².